The molecule has 3 aliphatic heterocycles. The van der Waals surface area contributed by atoms with Crippen molar-refractivity contribution in [1.82, 2.24) is 29.5 Å². The average Bonchev–Trinajstić information content (AvgIpc) is 3.44. The zero-order valence-corrected chi connectivity index (χ0v) is 17.0. The van der Waals surface area contributed by atoms with E-state index in [2.05, 4.69) is 19.7 Å². The number of carbonyl (C=O) groups excluding carboxylic acids is 1. The summed E-state index contributed by atoms with van der Waals surface area (Å²) in [7, 11) is 2.03. The van der Waals surface area contributed by atoms with E-state index < -0.39 is 0 Å². The van der Waals surface area contributed by atoms with Crippen molar-refractivity contribution in [2.75, 3.05) is 58.2 Å². The first kappa shape index (κ1) is 19.0. The van der Waals surface area contributed by atoms with Crippen LogP contribution in [0.5, 0.6) is 0 Å². The van der Waals surface area contributed by atoms with Gasteiger partial charge in [-0.2, -0.15) is 0 Å². The Hall–Kier alpha value is -1.32. The van der Waals surface area contributed by atoms with Crippen molar-refractivity contribution in [2.24, 2.45) is 7.05 Å². The van der Waals surface area contributed by atoms with Crippen LogP contribution < -0.4 is 0 Å². The van der Waals surface area contributed by atoms with Gasteiger partial charge in [-0.1, -0.05) is 11.8 Å². The third-order valence-corrected chi connectivity index (χ3v) is 6.78. The molecule has 4 rings (SSSR count). The molecular weight excluding hydrogens is 364 g/mol. The number of amides is 2. The van der Waals surface area contributed by atoms with Crippen molar-refractivity contribution in [1.29, 1.82) is 0 Å². The Morgan fingerprint density at radius 2 is 1.89 bits per heavy atom. The topological polar surface area (TPSA) is 66.7 Å². The predicted octanol–water partition coefficient (Wildman–Crippen LogP) is 1.59. The van der Waals surface area contributed by atoms with Crippen molar-refractivity contribution in [2.45, 2.75) is 36.9 Å². The summed E-state index contributed by atoms with van der Waals surface area (Å²) in [5, 5.41) is 9.84. The van der Waals surface area contributed by atoms with Gasteiger partial charge in [-0.05, 0) is 38.8 Å². The number of morpholine rings is 1. The monoisotopic (exact) mass is 394 g/mol. The maximum atomic E-state index is 12.9. The van der Waals surface area contributed by atoms with Crippen LogP contribution in [0.25, 0.3) is 0 Å². The smallest absolute Gasteiger partial charge is 0.320 e. The Balaban J connectivity index is 1.38. The molecule has 0 N–H and O–H groups in total. The van der Waals surface area contributed by atoms with Gasteiger partial charge >= 0.3 is 6.03 Å². The first-order valence-corrected chi connectivity index (χ1v) is 11.1. The second-order valence-corrected chi connectivity index (χ2v) is 8.59. The second-order valence-electron chi connectivity index (χ2n) is 7.53. The SMILES string of the molecule is Cn1c(SCCN2CCCC2)nnc1[C@H]1CCCN1C(=O)N1CCOCC1. The number of hydrogen-bond donors (Lipinski definition) is 0. The van der Waals surface area contributed by atoms with E-state index in [0.29, 0.717) is 26.3 Å². The van der Waals surface area contributed by atoms with Crippen LogP contribution in [0.2, 0.25) is 0 Å². The summed E-state index contributed by atoms with van der Waals surface area (Å²) in [5.74, 6) is 1.95. The number of ether oxygens (including phenoxy) is 1. The highest BCUT2D eigenvalue weighted by Crippen LogP contribution is 2.33. The standard InChI is InChI=1S/C18H30N6O2S/c1-21-16(19-20-17(21)27-14-11-22-6-2-3-7-22)15-5-4-8-24(15)18(25)23-9-12-26-13-10-23/h15H,2-14H2,1H3/t15-/m1/s1. The Labute approximate surface area is 165 Å². The summed E-state index contributed by atoms with van der Waals surface area (Å²) < 4.78 is 7.46. The summed E-state index contributed by atoms with van der Waals surface area (Å²) in [4.78, 5) is 19.4. The summed E-state index contributed by atoms with van der Waals surface area (Å²) >= 11 is 1.77. The minimum absolute atomic E-state index is 0.0331. The van der Waals surface area contributed by atoms with Gasteiger partial charge in [0.1, 0.15) is 0 Å². The second kappa shape index (κ2) is 8.79. The highest BCUT2D eigenvalue weighted by atomic mass is 32.2. The lowest BCUT2D eigenvalue weighted by Crippen LogP contribution is -2.48. The lowest BCUT2D eigenvalue weighted by molar-refractivity contribution is 0.0417. The van der Waals surface area contributed by atoms with Crippen molar-refractivity contribution in [3.8, 4) is 0 Å². The van der Waals surface area contributed by atoms with Gasteiger partial charge < -0.3 is 24.0 Å². The molecule has 3 saturated heterocycles. The van der Waals surface area contributed by atoms with E-state index in [1.165, 1.54) is 25.9 Å². The number of carbonyl (C=O) groups is 1. The average molecular weight is 395 g/mol. The molecule has 1 atom stereocenters. The number of likely N-dealkylation sites (tertiary alicyclic amines) is 2. The molecule has 150 valence electrons. The van der Waals surface area contributed by atoms with Gasteiger partial charge in [0.15, 0.2) is 11.0 Å². The number of aromatic nitrogens is 3. The summed E-state index contributed by atoms with van der Waals surface area (Å²) in [6, 6.07) is 0.151. The molecule has 0 radical (unpaired) electrons. The van der Waals surface area contributed by atoms with Gasteiger partial charge in [0.2, 0.25) is 0 Å². The van der Waals surface area contributed by atoms with Crippen LogP contribution in [-0.2, 0) is 11.8 Å². The number of thioether (sulfide) groups is 1. The van der Waals surface area contributed by atoms with Crippen molar-refractivity contribution >= 4 is 17.8 Å². The fourth-order valence-corrected chi connectivity index (χ4v) is 5.13. The molecule has 1 aromatic rings. The first-order chi connectivity index (χ1) is 13.2. The molecule has 8 nitrogen and oxygen atoms in total. The minimum atomic E-state index is 0.0331. The molecule has 2 amide bonds. The Morgan fingerprint density at radius 1 is 1.11 bits per heavy atom. The lowest BCUT2D eigenvalue weighted by atomic mass is 10.2. The quantitative estimate of drug-likeness (QED) is 0.707. The van der Waals surface area contributed by atoms with Crippen molar-refractivity contribution in [3.05, 3.63) is 5.82 Å². The zero-order valence-electron chi connectivity index (χ0n) is 16.2. The molecule has 0 bridgehead atoms. The fourth-order valence-electron chi connectivity index (χ4n) is 4.21. The third-order valence-electron chi connectivity index (χ3n) is 5.78. The zero-order chi connectivity index (χ0) is 18.6. The molecule has 0 aromatic carbocycles. The first-order valence-electron chi connectivity index (χ1n) is 10.1. The predicted molar refractivity (Wildman–Crippen MR) is 104 cm³/mol. The maximum absolute atomic E-state index is 12.9. The van der Waals surface area contributed by atoms with Crippen LogP contribution in [0.15, 0.2) is 5.16 Å². The Kier molecular flexibility index (Phi) is 6.19. The summed E-state index contributed by atoms with van der Waals surface area (Å²) in [5.41, 5.74) is 0. The van der Waals surface area contributed by atoms with E-state index in [-0.39, 0.29) is 12.1 Å². The molecule has 0 unspecified atom stereocenters. The third kappa shape index (κ3) is 4.25. The van der Waals surface area contributed by atoms with E-state index in [4.69, 9.17) is 4.74 Å². The van der Waals surface area contributed by atoms with E-state index >= 15 is 0 Å². The van der Waals surface area contributed by atoms with Crippen molar-refractivity contribution < 1.29 is 9.53 Å². The maximum Gasteiger partial charge on any atom is 0.320 e. The van der Waals surface area contributed by atoms with Gasteiger partial charge in [-0.15, -0.1) is 10.2 Å². The fraction of sp³-hybridized carbons (Fsp3) is 0.833. The lowest BCUT2D eigenvalue weighted by Gasteiger charge is -2.33. The van der Waals surface area contributed by atoms with Crippen LogP contribution in [-0.4, -0.2) is 93.7 Å². The normalized spacial score (nSPS) is 24.1. The van der Waals surface area contributed by atoms with E-state index in [1.54, 1.807) is 11.8 Å². The number of urea groups is 1. The molecule has 0 saturated carbocycles. The van der Waals surface area contributed by atoms with Crippen LogP contribution >= 0.6 is 11.8 Å². The van der Waals surface area contributed by atoms with Gasteiger partial charge in [-0.3, -0.25) is 0 Å². The molecule has 1 aromatic heterocycles. The number of rotatable bonds is 5. The molecule has 3 fully saturated rings. The van der Waals surface area contributed by atoms with Crippen LogP contribution in [0, 0.1) is 0 Å². The van der Waals surface area contributed by atoms with E-state index in [1.807, 2.05) is 16.8 Å². The molecule has 4 heterocycles. The van der Waals surface area contributed by atoms with E-state index in [0.717, 1.165) is 42.7 Å². The van der Waals surface area contributed by atoms with Crippen molar-refractivity contribution in [3.63, 3.8) is 0 Å². The van der Waals surface area contributed by atoms with Crippen LogP contribution in [0.1, 0.15) is 37.5 Å². The van der Waals surface area contributed by atoms with Gasteiger partial charge in [0.25, 0.3) is 0 Å². The summed E-state index contributed by atoms with van der Waals surface area (Å²) in [6.07, 6.45) is 4.63. The Morgan fingerprint density at radius 3 is 2.67 bits per heavy atom. The van der Waals surface area contributed by atoms with Crippen LogP contribution in [0.4, 0.5) is 4.79 Å². The minimum Gasteiger partial charge on any atom is -0.378 e. The van der Waals surface area contributed by atoms with Gasteiger partial charge in [0.05, 0.1) is 19.3 Å². The van der Waals surface area contributed by atoms with Gasteiger partial charge in [0, 0.05) is 39.0 Å². The number of nitrogens with zero attached hydrogens (tertiary/aromatic N) is 6. The van der Waals surface area contributed by atoms with Gasteiger partial charge in [-0.25, -0.2) is 4.79 Å². The summed E-state index contributed by atoms with van der Waals surface area (Å²) in [6.45, 7) is 6.98. The molecule has 27 heavy (non-hydrogen) atoms. The number of hydrogen-bond acceptors (Lipinski definition) is 6. The highest BCUT2D eigenvalue weighted by Gasteiger charge is 2.36. The molecular formula is C18H30N6O2S. The van der Waals surface area contributed by atoms with Crippen LogP contribution in [0.3, 0.4) is 0 Å². The largest absolute Gasteiger partial charge is 0.378 e. The molecule has 0 spiro atoms. The van der Waals surface area contributed by atoms with E-state index in [9.17, 15) is 4.79 Å². The Bertz CT molecular complexity index is 642. The molecule has 3 aliphatic rings. The highest BCUT2D eigenvalue weighted by molar-refractivity contribution is 7.99. The molecule has 9 heteroatoms. The molecule has 0 aliphatic carbocycles.